The third-order valence-corrected chi connectivity index (χ3v) is 4.60. The molecule has 0 saturated heterocycles. The second kappa shape index (κ2) is 5.48. The normalized spacial score (nSPS) is 11.9. The lowest BCUT2D eigenvalue weighted by molar-refractivity contribution is 0.528. The summed E-state index contributed by atoms with van der Waals surface area (Å²) in [7, 11) is -3.79. The van der Waals surface area contributed by atoms with Crippen LogP contribution in [0.1, 0.15) is 31.1 Å². The average Bonchev–Trinajstić information content (AvgIpc) is 2.77. The monoisotopic (exact) mass is 311 g/mol. The van der Waals surface area contributed by atoms with E-state index in [0.29, 0.717) is 11.3 Å². The van der Waals surface area contributed by atoms with Crippen LogP contribution in [0.5, 0.6) is 0 Å². The highest BCUT2D eigenvalue weighted by Gasteiger charge is 2.21. The molecule has 0 radical (unpaired) electrons. The summed E-state index contributed by atoms with van der Waals surface area (Å²) in [6, 6.07) is 4.27. The highest BCUT2D eigenvalue weighted by atomic mass is 32.2. The van der Waals surface area contributed by atoms with E-state index in [1.165, 1.54) is 18.3 Å². The van der Waals surface area contributed by atoms with Crippen molar-refractivity contribution in [2.45, 2.75) is 38.6 Å². The van der Waals surface area contributed by atoms with E-state index in [1.807, 2.05) is 13.8 Å². The number of halogens is 1. The average molecular weight is 311 g/mol. The van der Waals surface area contributed by atoms with Crippen LogP contribution in [-0.4, -0.2) is 18.2 Å². The number of nitrogens with zero attached hydrogens (tertiary/aromatic N) is 2. The number of aromatic nitrogens is 2. The molecular weight excluding hydrogens is 293 g/mol. The lowest BCUT2D eigenvalue weighted by Crippen LogP contribution is -2.13. The van der Waals surface area contributed by atoms with Crippen molar-refractivity contribution in [1.82, 2.24) is 9.78 Å². The second-order valence-electron chi connectivity index (χ2n) is 5.22. The first-order valence-corrected chi connectivity index (χ1v) is 8.04. The first-order valence-electron chi connectivity index (χ1n) is 6.55. The van der Waals surface area contributed by atoms with Crippen LogP contribution < -0.4 is 4.72 Å². The zero-order valence-electron chi connectivity index (χ0n) is 12.4. The third-order valence-electron chi connectivity index (χ3n) is 3.11. The molecule has 0 saturated carbocycles. The maximum Gasteiger partial charge on any atom is 0.265 e. The molecular formula is C14H18FN3O2S. The summed E-state index contributed by atoms with van der Waals surface area (Å²) in [6.45, 7) is 7.06. The fourth-order valence-corrected chi connectivity index (χ4v) is 3.08. The van der Waals surface area contributed by atoms with Crippen LogP contribution in [0.3, 0.4) is 0 Å². The van der Waals surface area contributed by atoms with Gasteiger partial charge in [0.1, 0.15) is 10.7 Å². The van der Waals surface area contributed by atoms with Crippen LogP contribution in [0, 0.1) is 19.7 Å². The Hall–Kier alpha value is -1.89. The summed E-state index contributed by atoms with van der Waals surface area (Å²) in [5.74, 6) is -0.454. The van der Waals surface area contributed by atoms with Gasteiger partial charge in [-0.15, -0.1) is 0 Å². The van der Waals surface area contributed by atoms with E-state index < -0.39 is 15.8 Å². The molecule has 0 spiro atoms. The van der Waals surface area contributed by atoms with Crippen LogP contribution in [0.4, 0.5) is 10.1 Å². The number of sulfonamides is 1. The maximum atomic E-state index is 13.5. The van der Waals surface area contributed by atoms with E-state index >= 15 is 0 Å². The van der Waals surface area contributed by atoms with E-state index in [0.717, 1.165) is 6.07 Å². The molecule has 5 nitrogen and oxygen atoms in total. The number of hydrogen-bond acceptors (Lipinski definition) is 3. The van der Waals surface area contributed by atoms with E-state index in [1.54, 1.807) is 18.5 Å². The van der Waals surface area contributed by atoms with Crippen LogP contribution in [0.15, 0.2) is 29.3 Å². The summed E-state index contributed by atoms with van der Waals surface area (Å²) < 4.78 is 42.2. The zero-order valence-corrected chi connectivity index (χ0v) is 13.2. The molecule has 21 heavy (non-hydrogen) atoms. The molecule has 2 rings (SSSR count). The standard InChI is InChI=1S/C14H18FN3O2S/c1-9(2)18-8-14(11(4)16-18)21(19,20)17-12-6-5-10(3)13(15)7-12/h5-9,17H,1-4H3. The third kappa shape index (κ3) is 3.24. The predicted octanol–water partition coefficient (Wildman–Crippen LogP) is 3.02. The summed E-state index contributed by atoms with van der Waals surface area (Å²) in [4.78, 5) is 0.0946. The largest absolute Gasteiger partial charge is 0.279 e. The van der Waals surface area contributed by atoms with Gasteiger partial charge in [-0.1, -0.05) is 6.07 Å². The van der Waals surface area contributed by atoms with Gasteiger partial charge in [0.15, 0.2) is 0 Å². The van der Waals surface area contributed by atoms with Gasteiger partial charge in [0, 0.05) is 12.2 Å². The van der Waals surface area contributed by atoms with E-state index in [2.05, 4.69) is 9.82 Å². The Bertz CT molecular complexity index is 767. The summed E-state index contributed by atoms with van der Waals surface area (Å²) in [5.41, 5.74) is 1.06. The minimum absolute atomic E-state index is 0.0597. The zero-order chi connectivity index (χ0) is 15.8. The lowest BCUT2D eigenvalue weighted by atomic mass is 10.2. The molecule has 114 valence electrons. The molecule has 1 aromatic carbocycles. The van der Waals surface area contributed by atoms with Crippen molar-refractivity contribution in [3.63, 3.8) is 0 Å². The van der Waals surface area contributed by atoms with Gasteiger partial charge in [0.2, 0.25) is 0 Å². The van der Waals surface area contributed by atoms with Gasteiger partial charge < -0.3 is 0 Å². The highest BCUT2D eigenvalue weighted by molar-refractivity contribution is 7.92. The molecule has 1 N–H and O–H groups in total. The van der Waals surface area contributed by atoms with Crippen molar-refractivity contribution in [3.05, 3.63) is 41.5 Å². The Balaban J connectivity index is 2.36. The van der Waals surface area contributed by atoms with Gasteiger partial charge >= 0.3 is 0 Å². The van der Waals surface area contributed by atoms with Crippen molar-refractivity contribution in [2.75, 3.05) is 4.72 Å². The Morgan fingerprint density at radius 2 is 1.95 bits per heavy atom. The fraction of sp³-hybridized carbons (Fsp3) is 0.357. The molecule has 7 heteroatoms. The Morgan fingerprint density at radius 3 is 2.48 bits per heavy atom. The number of rotatable bonds is 4. The maximum absolute atomic E-state index is 13.5. The number of hydrogen-bond donors (Lipinski definition) is 1. The van der Waals surface area contributed by atoms with Gasteiger partial charge in [-0.3, -0.25) is 9.40 Å². The van der Waals surface area contributed by atoms with Gasteiger partial charge in [-0.2, -0.15) is 5.10 Å². The molecule has 0 fully saturated rings. The Morgan fingerprint density at radius 1 is 1.29 bits per heavy atom. The quantitative estimate of drug-likeness (QED) is 0.944. The van der Waals surface area contributed by atoms with Crippen molar-refractivity contribution in [1.29, 1.82) is 0 Å². The fourth-order valence-electron chi connectivity index (χ4n) is 1.86. The molecule has 0 unspecified atom stereocenters. The SMILES string of the molecule is Cc1ccc(NS(=O)(=O)c2cn(C(C)C)nc2C)cc1F. The van der Waals surface area contributed by atoms with Crippen LogP contribution in [0.2, 0.25) is 0 Å². The summed E-state index contributed by atoms with van der Waals surface area (Å²) in [5, 5.41) is 4.17. The van der Waals surface area contributed by atoms with Crippen molar-refractivity contribution < 1.29 is 12.8 Å². The number of nitrogens with one attached hydrogen (secondary N) is 1. The number of benzene rings is 1. The van der Waals surface area contributed by atoms with Gasteiger partial charge in [-0.05, 0) is 45.4 Å². The van der Waals surface area contributed by atoms with E-state index in [9.17, 15) is 12.8 Å². The lowest BCUT2D eigenvalue weighted by Gasteiger charge is -2.08. The molecule has 0 aliphatic heterocycles. The molecule has 0 aliphatic rings. The molecule has 2 aromatic rings. The Kier molecular flexibility index (Phi) is 4.04. The molecule has 1 aromatic heterocycles. The van der Waals surface area contributed by atoms with Crippen LogP contribution in [0.25, 0.3) is 0 Å². The van der Waals surface area contributed by atoms with Gasteiger partial charge in [0.05, 0.1) is 11.4 Å². The van der Waals surface area contributed by atoms with Gasteiger partial charge in [0.25, 0.3) is 10.0 Å². The second-order valence-corrected chi connectivity index (χ2v) is 6.87. The van der Waals surface area contributed by atoms with Crippen LogP contribution >= 0.6 is 0 Å². The smallest absolute Gasteiger partial charge is 0.265 e. The van der Waals surface area contributed by atoms with E-state index in [4.69, 9.17) is 0 Å². The topological polar surface area (TPSA) is 64.0 Å². The molecule has 0 atom stereocenters. The summed E-state index contributed by atoms with van der Waals surface area (Å²) >= 11 is 0. The molecule has 1 heterocycles. The van der Waals surface area contributed by atoms with Crippen molar-refractivity contribution in [3.8, 4) is 0 Å². The summed E-state index contributed by atoms with van der Waals surface area (Å²) in [6.07, 6.45) is 1.48. The minimum Gasteiger partial charge on any atom is -0.279 e. The van der Waals surface area contributed by atoms with Crippen molar-refractivity contribution in [2.24, 2.45) is 0 Å². The molecule has 0 aliphatic carbocycles. The Labute approximate surface area is 123 Å². The first kappa shape index (κ1) is 15.5. The van der Waals surface area contributed by atoms with E-state index in [-0.39, 0.29) is 16.6 Å². The molecule has 0 bridgehead atoms. The predicted molar refractivity (Wildman–Crippen MR) is 79.3 cm³/mol. The molecule has 0 amide bonds. The highest BCUT2D eigenvalue weighted by Crippen LogP contribution is 2.21. The number of anilines is 1. The van der Waals surface area contributed by atoms with Gasteiger partial charge in [-0.25, -0.2) is 12.8 Å². The van der Waals surface area contributed by atoms with Crippen molar-refractivity contribution >= 4 is 15.7 Å². The first-order chi connectivity index (χ1) is 9.70. The minimum atomic E-state index is -3.79. The van der Waals surface area contributed by atoms with Crippen LogP contribution in [-0.2, 0) is 10.0 Å². The number of aryl methyl sites for hydroxylation is 2.